The molecule has 4 aromatic carbocycles. The van der Waals surface area contributed by atoms with E-state index in [0.717, 1.165) is 51.8 Å². The van der Waals surface area contributed by atoms with Crippen molar-refractivity contribution in [3.63, 3.8) is 0 Å². The van der Waals surface area contributed by atoms with Gasteiger partial charge in [0.05, 0.1) is 0 Å². The Balaban J connectivity index is 1.54. The summed E-state index contributed by atoms with van der Waals surface area (Å²) in [5.41, 5.74) is 12.0. The molecule has 0 amide bonds. The van der Waals surface area contributed by atoms with Crippen molar-refractivity contribution in [1.82, 2.24) is 0 Å². The van der Waals surface area contributed by atoms with Gasteiger partial charge in [0.25, 0.3) is 0 Å². The molecule has 0 atom stereocenters. The second-order valence-corrected chi connectivity index (χ2v) is 9.85. The van der Waals surface area contributed by atoms with Crippen molar-refractivity contribution >= 4 is 33.3 Å². The summed E-state index contributed by atoms with van der Waals surface area (Å²) < 4.78 is 0. The summed E-state index contributed by atoms with van der Waals surface area (Å²) in [6, 6.07) is 32.0. The molecular weight excluding hydrogens is 448 g/mol. The van der Waals surface area contributed by atoms with Crippen LogP contribution in [-0.4, -0.2) is 5.78 Å². The highest BCUT2D eigenvalue weighted by Crippen LogP contribution is 2.57. The summed E-state index contributed by atoms with van der Waals surface area (Å²) in [5.74, 6) is 0.152. The fourth-order valence-electron chi connectivity index (χ4n) is 6.20. The van der Waals surface area contributed by atoms with Crippen molar-refractivity contribution in [1.29, 1.82) is 0 Å². The number of rotatable bonds is 3. The standard InChI is InChI=1S/C36H26O/c1-2-28-33-29(27-21-20-23-12-9-10-17-26(23)22-27)18-11-19-30(33)35-32(25-15-7-4-8-16-25)36(37)31(34(28)35)24-13-5-3-6-14-24/h2-5,7-13,15-22H,6,14H2,1H3/b28-2+. The van der Waals surface area contributed by atoms with E-state index in [-0.39, 0.29) is 5.78 Å². The number of allylic oxidation sites excluding steroid dienone is 10. The van der Waals surface area contributed by atoms with Gasteiger partial charge in [-0.05, 0) is 75.6 Å². The Labute approximate surface area is 217 Å². The van der Waals surface area contributed by atoms with Gasteiger partial charge >= 0.3 is 0 Å². The van der Waals surface area contributed by atoms with Crippen LogP contribution in [0.2, 0.25) is 0 Å². The molecular formula is C36H26O. The molecule has 0 aliphatic heterocycles. The lowest BCUT2D eigenvalue weighted by Crippen LogP contribution is -2.07. The van der Waals surface area contributed by atoms with Crippen LogP contribution in [0.4, 0.5) is 0 Å². The van der Waals surface area contributed by atoms with Crippen molar-refractivity contribution in [3.8, 4) is 11.1 Å². The highest BCUT2D eigenvalue weighted by molar-refractivity contribution is 6.46. The smallest absolute Gasteiger partial charge is 0.195 e. The van der Waals surface area contributed by atoms with Crippen LogP contribution in [0.5, 0.6) is 0 Å². The minimum Gasteiger partial charge on any atom is -0.289 e. The average molecular weight is 475 g/mol. The van der Waals surface area contributed by atoms with Crippen LogP contribution in [0.3, 0.4) is 0 Å². The van der Waals surface area contributed by atoms with E-state index in [0.29, 0.717) is 0 Å². The predicted octanol–water partition coefficient (Wildman–Crippen LogP) is 8.99. The molecule has 37 heavy (non-hydrogen) atoms. The van der Waals surface area contributed by atoms with E-state index in [4.69, 9.17) is 0 Å². The number of benzene rings is 4. The molecule has 0 heterocycles. The predicted molar refractivity (Wildman–Crippen MR) is 155 cm³/mol. The summed E-state index contributed by atoms with van der Waals surface area (Å²) in [7, 11) is 0. The molecule has 0 fully saturated rings. The van der Waals surface area contributed by atoms with Crippen molar-refractivity contribution < 1.29 is 4.79 Å². The number of hydrogen-bond acceptors (Lipinski definition) is 1. The first-order valence-corrected chi connectivity index (χ1v) is 13.0. The molecule has 176 valence electrons. The van der Waals surface area contributed by atoms with Gasteiger partial charge < -0.3 is 0 Å². The number of hydrogen-bond donors (Lipinski definition) is 0. The van der Waals surface area contributed by atoms with Crippen molar-refractivity contribution in [2.24, 2.45) is 0 Å². The van der Waals surface area contributed by atoms with Gasteiger partial charge in [0.2, 0.25) is 0 Å². The topological polar surface area (TPSA) is 17.1 Å². The quantitative estimate of drug-likeness (QED) is 0.289. The summed E-state index contributed by atoms with van der Waals surface area (Å²) in [6.07, 6.45) is 10.5. The molecule has 7 rings (SSSR count). The second-order valence-electron chi connectivity index (χ2n) is 9.85. The van der Waals surface area contributed by atoms with Crippen molar-refractivity contribution in [2.75, 3.05) is 0 Å². The number of fused-ring (bicyclic) bond motifs is 4. The fourth-order valence-corrected chi connectivity index (χ4v) is 6.20. The number of carbonyl (C=O) groups excluding carboxylic acids is 1. The van der Waals surface area contributed by atoms with Gasteiger partial charge in [0.15, 0.2) is 5.78 Å². The summed E-state index contributed by atoms with van der Waals surface area (Å²) >= 11 is 0. The maximum absolute atomic E-state index is 14.2. The minimum absolute atomic E-state index is 0.152. The maximum atomic E-state index is 14.2. The fraction of sp³-hybridized carbons (Fsp3) is 0.0833. The molecule has 4 aromatic rings. The zero-order valence-corrected chi connectivity index (χ0v) is 20.8. The van der Waals surface area contributed by atoms with E-state index in [1.807, 2.05) is 18.2 Å². The average Bonchev–Trinajstić information content (AvgIpc) is 3.44. The molecule has 0 radical (unpaired) electrons. The first-order chi connectivity index (χ1) is 18.3. The maximum Gasteiger partial charge on any atom is 0.195 e. The minimum atomic E-state index is 0.152. The molecule has 0 aromatic heterocycles. The van der Waals surface area contributed by atoms with E-state index in [1.54, 1.807) is 0 Å². The third kappa shape index (κ3) is 3.28. The lowest BCUT2D eigenvalue weighted by molar-refractivity contribution is -0.110. The van der Waals surface area contributed by atoms with Gasteiger partial charge in [-0.1, -0.05) is 109 Å². The molecule has 1 nitrogen and oxygen atoms in total. The van der Waals surface area contributed by atoms with Crippen LogP contribution in [0.15, 0.2) is 132 Å². The largest absolute Gasteiger partial charge is 0.289 e. The van der Waals surface area contributed by atoms with Gasteiger partial charge in [0, 0.05) is 22.3 Å². The number of Topliss-reactive ketones (excluding diaryl/α,β-unsaturated/α-hetero) is 1. The number of carbonyl (C=O) groups is 1. The van der Waals surface area contributed by atoms with Gasteiger partial charge in [-0.2, -0.15) is 0 Å². The third-order valence-electron chi connectivity index (χ3n) is 7.82. The summed E-state index contributed by atoms with van der Waals surface area (Å²) in [6.45, 7) is 2.10. The Hall–Kier alpha value is -4.49. The Bertz CT molecular complexity index is 1770. The molecule has 0 bridgehead atoms. The van der Waals surface area contributed by atoms with Crippen LogP contribution in [0.1, 0.15) is 36.5 Å². The molecule has 0 saturated heterocycles. The first kappa shape index (κ1) is 21.8. The summed E-state index contributed by atoms with van der Waals surface area (Å²) in [4.78, 5) is 14.2. The van der Waals surface area contributed by atoms with E-state index in [1.165, 1.54) is 33.0 Å². The Morgan fingerprint density at radius 1 is 0.676 bits per heavy atom. The monoisotopic (exact) mass is 474 g/mol. The van der Waals surface area contributed by atoms with Crippen LogP contribution in [-0.2, 0) is 4.79 Å². The van der Waals surface area contributed by atoms with Gasteiger partial charge in [0.1, 0.15) is 0 Å². The van der Waals surface area contributed by atoms with Crippen LogP contribution < -0.4 is 0 Å². The second kappa shape index (κ2) is 8.57. The van der Waals surface area contributed by atoms with E-state index in [2.05, 4.69) is 104 Å². The van der Waals surface area contributed by atoms with Crippen molar-refractivity contribution in [2.45, 2.75) is 19.8 Å². The molecule has 0 unspecified atom stereocenters. The molecule has 3 aliphatic carbocycles. The number of ketones is 1. The molecule has 0 N–H and O–H groups in total. The Morgan fingerprint density at radius 2 is 1.46 bits per heavy atom. The summed E-state index contributed by atoms with van der Waals surface area (Å²) in [5, 5.41) is 2.47. The van der Waals surface area contributed by atoms with Crippen LogP contribution >= 0.6 is 0 Å². The Kier molecular flexibility index (Phi) is 5.04. The highest BCUT2D eigenvalue weighted by atomic mass is 16.1. The molecule has 0 saturated carbocycles. The van der Waals surface area contributed by atoms with E-state index in [9.17, 15) is 4.79 Å². The van der Waals surface area contributed by atoms with Crippen LogP contribution in [0, 0.1) is 0 Å². The lowest BCUT2D eigenvalue weighted by atomic mass is 9.87. The molecule has 0 spiro atoms. The van der Waals surface area contributed by atoms with Gasteiger partial charge in [-0.3, -0.25) is 4.79 Å². The molecule has 1 heteroatoms. The zero-order valence-electron chi connectivity index (χ0n) is 20.8. The third-order valence-corrected chi connectivity index (χ3v) is 7.82. The lowest BCUT2D eigenvalue weighted by Gasteiger charge is -2.15. The van der Waals surface area contributed by atoms with E-state index >= 15 is 0 Å². The molecule has 3 aliphatic rings. The van der Waals surface area contributed by atoms with Crippen LogP contribution in [0.25, 0.3) is 38.6 Å². The van der Waals surface area contributed by atoms with Gasteiger partial charge in [-0.25, -0.2) is 0 Å². The van der Waals surface area contributed by atoms with Crippen molar-refractivity contribution in [3.05, 3.63) is 149 Å². The highest BCUT2D eigenvalue weighted by Gasteiger charge is 2.42. The normalized spacial score (nSPS) is 17.6. The zero-order chi connectivity index (χ0) is 24.9. The van der Waals surface area contributed by atoms with E-state index < -0.39 is 0 Å². The van der Waals surface area contributed by atoms with Gasteiger partial charge in [-0.15, -0.1) is 0 Å². The first-order valence-electron chi connectivity index (χ1n) is 13.0. The SMILES string of the molecule is C/C=C1/C2=C(C3=CC=CCC3)C(=O)C(c3ccccc3)=C2c2cccc(-c3ccc4ccccc4c3)c21. The Morgan fingerprint density at radius 3 is 2.24 bits per heavy atom.